The first-order chi connectivity index (χ1) is 13.0. The first-order valence-corrected chi connectivity index (χ1v) is 11.1. The zero-order valence-corrected chi connectivity index (χ0v) is 17.6. The number of sulfonamides is 1. The fourth-order valence-electron chi connectivity index (χ4n) is 4.29. The van der Waals surface area contributed by atoms with E-state index in [4.69, 9.17) is 4.74 Å². The van der Waals surface area contributed by atoms with Crippen LogP contribution in [-0.2, 0) is 14.8 Å². The average Bonchev–Trinajstić information content (AvgIpc) is 3.17. The van der Waals surface area contributed by atoms with Gasteiger partial charge in [0.25, 0.3) is 5.91 Å². The second-order valence-corrected chi connectivity index (χ2v) is 9.70. The molecule has 1 aromatic carbocycles. The number of nitrogens with zero attached hydrogens (tertiary/aromatic N) is 2. The van der Waals surface area contributed by atoms with Gasteiger partial charge in [0.05, 0.1) is 18.1 Å². The van der Waals surface area contributed by atoms with Crippen LogP contribution >= 0.6 is 12.4 Å². The minimum Gasteiger partial charge on any atom is -0.379 e. The van der Waals surface area contributed by atoms with Crippen LogP contribution in [0.25, 0.3) is 0 Å². The fourth-order valence-corrected chi connectivity index (χ4v) is 5.70. The van der Waals surface area contributed by atoms with E-state index in [2.05, 4.69) is 5.32 Å². The Morgan fingerprint density at radius 3 is 2.21 bits per heavy atom. The molecule has 9 heteroatoms. The summed E-state index contributed by atoms with van der Waals surface area (Å²) < 4.78 is 32.0. The Hall–Kier alpha value is -1.19. The third-order valence-corrected chi connectivity index (χ3v) is 8.07. The molecule has 4 rings (SSSR count). The van der Waals surface area contributed by atoms with Crippen LogP contribution in [-0.4, -0.2) is 76.0 Å². The molecule has 3 aliphatic heterocycles. The van der Waals surface area contributed by atoms with Crippen LogP contribution in [0, 0.1) is 5.41 Å². The van der Waals surface area contributed by atoms with Crippen LogP contribution in [0.3, 0.4) is 0 Å². The van der Waals surface area contributed by atoms with Crippen molar-refractivity contribution in [3.8, 4) is 0 Å². The highest BCUT2D eigenvalue weighted by Crippen LogP contribution is 2.37. The lowest BCUT2D eigenvalue weighted by atomic mass is 9.78. The van der Waals surface area contributed by atoms with Crippen LogP contribution in [0.2, 0.25) is 0 Å². The smallest absolute Gasteiger partial charge is 0.253 e. The molecule has 0 unspecified atom stereocenters. The van der Waals surface area contributed by atoms with Crippen LogP contribution in [0.5, 0.6) is 0 Å². The third kappa shape index (κ3) is 4.21. The molecule has 0 saturated carbocycles. The predicted molar refractivity (Wildman–Crippen MR) is 108 cm³/mol. The summed E-state index contributed by atoms with van der Waals surface area (Å²) in [5.74, 6) is -0.00822. The largest absolute Gasteiger partial charge is 0.379 e. The molecular weight excluding hydrogens is 402 g/mol. The number of hydrogen-bond acceptors (Lipinski definition) is 5. The third-order valence-electron chi connectivity index (χ3n) is 6.15. The Morgan fingerprint density at radius 2 is 1.64 bits per heavy atom. The summed E-state index contributed by atoms with van der Waals surface area (Å²) in [7, 11) is -3.52. The molecule has 7 nitrogen and oxygen atoms in total. The molecule has 1 N–H and O–H groups in total. The van der Waals surface area contributed by atoms with Gasteiger partial charge in [-0.3, -0.25) is 4.79 Å². The van der Waals surface area contributed by atoms with Crippen LogP contribution in [0.15, 0.2) is 29.2 Å². The summed E-state index contributed by atoms with van der Waals surface area (Å²) in [6.07, 6.45) is 3.27. The van der Waals surface area contributed by atoms with Crippen molar-refractivity contribution >= 4 is 28.3 Å². The van der Waals surface area contributed by atoms with Crippen molar-refractivity contribution in [1.82, 2.24) is 14.5 Å². The number of likely N-dealkylation sites (tertiary alicyclic amines) is 1. The van der Waals surface area contributed by atoms with Crippen molar-refractivity contribution in [1.29, 1.82) is 0 Å². The van der Waals surface area contributed by atoms with Gasteiger partial charge >= 0.3 is 0 Å². The highest BCUT2D eigenvalue weighted by molar-refractivity contribution is 7.89. The molecule has 156 valence electrons. The SMILES string of the molecule is Cl.O=C(c1ccc(S(=O)(=O)N2CCOCC2)cc1)N1CCC2(CCNC2)CC1. The topological polar surface area (TPSA) is 79.0 Å². The van der Waals surface area contributed by atoms with Gasteiger partial charge in [0, 0.05) is 38.3 Å². The van der Waals surface area contributed by atoms with Gasteiger partial charge in [0.15, 0.2) is 0 Å². The van der Waals surface area contributed by atoms with Crippen LogP contribution in [0.4, 0.5) is 0 Å². The average molecular weight is 430 g/mol. The molecule has 3 heterocycles. The fraction of sp³-hybridized carbons (Fsp3) is 0.632. The van der Waals surface area contributed by atoms with Crippen molar-refractivity contribution in [2.75, 3.05) is 52.5 Å². The lowest BCUT2D eigenvalue weighted by Crippen LogP contribution is -2.44. The second-order valence-electron chi connectivity index (χ2n) is 7.76. The molecule has 1 spiro atoms. The van der Waals surface area contributed by atoms with E-state index in [0.29, 0.717) is 37.3 Å². The molecule has 3 fully saturated rings. The van der Waals surface area contributed by atoms with E-state index in [9.17, 15) is 13.2 Å². The van der Waals surface area contributed by atoms with Gasteiger partial charge in [-0.15, -0.1) is 12.4 Å². The Balaban J connectivity index is 0.00000225. The van der Waals surface area contributed by atoms with E-state index in [0.717, 1.165) is 39.0 Å². The normalized spacial score (nSPS) is 22.8. The molecular formula is C19H28ClN3O4S. The lowest BCUT2D eigenvalue weighted by molar-refractivity contribution is 0.0607. The van der Waals surface area contributed by atoms with Gasteiger partial charge in [-0.05, 0) is 55.5 Å². The number of carbonyl (C=O) groups is 1. The molecule has 0 aromatic heterocycles. The highest BCUT2D eigenvalue weighted by Gasteiger charge is 2.38. The number of hydrogen-bond donors (Lipinski definition) is 1. The van der Waals surface area contributed by atoms with Crippen molar-refractivity contribution < 1.29 is 17.9 Å². The second kappa shape index (κ2) is 8.67. The number of nitrogens with one attached hydrogen (secondary N) is 1. The van der Waals surface area contributed by atoms with E-state index in [-0.39, 0.29) is 23.2 Å². The van der Waals surface area contributed by atoms with E-state index >= 15 is 0 Å². The molecule has 28 heavy (non-hydrogen) atoms. The summed E-state index contributed by atoms with van der Waals surface area (Å²) in [6, 6.07) is 6.36. The first-order valence-electron chi connectivity index (χ1n) is 9.68. The maximum Gasteiger partial charge on any atom is 0.253 e. The minimum atomic E-state index is -3.52. The first kappa shape index (κ1) is 21.5. The van der Waals surface area contributed by atoms with Gasteiger partial charge in [-0.1, -0.05) is 0 Å². The van der Waals surface area contributed by atoms with Gasteiger partial charge in [0.1, 0.15) is 0 Å². The molecule has 3 saturated heterocycles. The molecule has 1 amide bonds. The van der Waals surface area contributed by atoms with E-state index in [1.807, 2.05) is 4.90 Å². The Morgan fingerprint density at radius 1 is 1.00 bits per heavy atom. The lowest BCUT2D eigenvalue weighted by Gasteiger charge is -2.38. The monoisotopic (exact) mass is 429 g/mol. The Kier molecular flexibility index (Phi) is 6.66. The van der Waals surface area contributed by atoms with Gasteiger partial charge in [0.2, 0.25) is 10.0 Å². The number of rotatable bonds is 3. The van der Waals surface area contributed by atoms with Gasteiger partial charge in [-0.25, -0.2) is 8.42 Å². The molecule has 0 radical (unpaired) electrons. The van der Waals surface area contributed by atoms with Crippen LogP contribution in [0.1, 0.15) is 29.6 Å². The van der Waals surface area contributed by atoms with Crippen molar-refractivity contribution in [2.24, 2.45) is 5.41 Å². The van der Waals surface area contributed by atoms with Crippen LogP contribution < -0.4 is 5.32 Å². The maximum atomic E-state index is 12.8. The molecule has 0 aliphatic carbocycles. The van der Waals surface area contributed by atoms with Crippen molar-refractivity contribution in [3.05, 3.63) is 29.8 Å². The molecule has 3 aliphatic rings. The quantitative estimate of drug-likeness (QED) is 0.784. The number of ether oxygens (including phenoxy) is 1. The number of halogens is 1. The summed E-state index contributed by atoms with van der Waals surface area (Å²) in [5.41, 5.74) is 0.920. The summed E-state index contributed by atoms with van der Waals surface area (Å²) in [4.78, 5) is 14.9. The summed E-state index contributed by atoms with van der Waals surface area (Å²) in [5, 5.41) is 3.43. The summed E-state index contributed by atoms with van der Waals surface area (Å²) in [6.45, 7) is 5.25. The molecule has 0 bridgehead atoms. The Bertz CT molecular complexity index is 778. The van der Waals surface area contributed by atoms with Gasteiger partial charge < -0.3 is 15.0 Å². The van der Waals surface area contributed by atoms with E-state index < -0.39 is 10.0 Å². The summed E-state index contributed by atoms with van der Waals surface area (Å²) >= 11 is 0. The number of piperidine rings is 1. The zero-order valence-electron chi connectivity index (χ0n) is 15.9. The van der Waals surface area contributed by atoms with Gasteiger partial charge in [-0.2, -0.15) is 4.31 Å². The molecule has 0 atom stereocenters. The number of morpholine rings is 1. The Labute approximate surface area is 172 Å². The predicted octanol–water partition coefficient (Wildman–Crippen LogP) is 1.34. The number of benzene rings is 1. The molecule has 1 aromatic rings. The zero-order chi connectivity index (χ0) is 18.9. The standard InChI is InChI=1S/C19H27N3O4S.ClH/c23-18(21-9-6-19(7-10-21)5-8-20-15-19)16-1-3-17(4-2-16)27(24,25)22-11-13-26-14-12-22;/h1-4,20H,5-15H2;1H. The van der Waals surface area contributed by atoms with Crippen molar-refractivity contribution in [3.63, 3.8) is 0 Å². The number of amides is 1. The minimum absolute atomic E-state index is 0. The van der Waals surface area contributed by atoms with E-state index in [1.54, 1.807) is 24.3 Å². The number of carbonyl (C=O) groups excluding carboxylic acids is 1. The van der Waals surface area contributed by atoms with E-state index in [1.165, 1.54) is 10.7 Å². The maximum absolute atomic E-state index is 12.8. The highest BCUT2D eigenvalue weighted by atomic mass is 35.5. The van der Waals surface area contributed by atoms with Crippen molar-refractivity contribution in [2.45, 2.75) is 24.2 Å².